The number of ketones is 1. The predicted molar refractivity (Wildman–Crippen MR) is 95.0 cm³/mol. The molecule has 0 aromatic rings. The summed E-state index contributed by atoms with van der Waals surface area (Å²) in [5.41, 5.74) is 2.57. The summed E-state index contributed by atoms with van der Waals surface area (Å²) in [6.07, 6.45) is 13.3. The minimum absolute atomic E-state index is 0.301. The van der Waals surface area contributed by atoms with Crippen molar-refractivity contribution in [2.45, 2.75) is 79.1 Å². The minimum atomic E-state index is 0.301. The second-order valence-corrected chi connectivity index (χ2v) is 9.77. The second kappa shape index (κ2) is 5.20. The zero-order valence-corrected chi connectivity index (χ0v) is 15.5. The molecule has 3 saturated carbocycles. The fourth-order valence-electron chi connectivity index (χ4n) is 7.81. The van der Waals surface area contributed by atoms with Crippen LogP contribution < -0.4 is 0 Å². The zero-order chi connectivity index (χ0) is 16.4. The maximum Gasteiger partial charge on any atom is 0.133 e. The molecule has 0 aromatic carbocycles. The van der Waals surface area contributed by atoms with Crippen molar-refractivity contribution in [2.75, 3.05) is 0 Å². The maximum atomic E-state index is 12.2. The Hall–Kier alpha value is -0.590. The molecule has 0 saturated heterocycles. The van der Waals surface area contributed by atoms with Gasteiger partial charge in [0.2, 0.25) is 0 Å². The highest BCUT2D eigenvalue weighted by molar-refractivity contribution is 5.79. The molecule has 4 aliphatic carbocycles. The van der Waals surface area contributed by atoms with Crippen molar-refractivity contribution in [1.82, 2.24) is 0 Å². The van der Waals surface area contributed by atoms with Crippen LogP contribution in [0.1, 0.15) is 79.1 Å². The van der Waals surface area contributed by atoms with Crippen LogP contribution in [-0.4, -0.2) is 5.78 Å². The van der Waals surface area contributed by atoms with Crippen LogP contribution in [0.25, 0.3) is 0 Å². The van der Waals surface area contributed by atoms with Gasteiger partial charge >= 0.3 is 0 Å². The molecule has 4 aliphatic rings. The summed E-state index contributed by atoms with van der Waals surface area (Å²) in [4.78, 5) is 12.2. The molecule has 1 heteroatoms. The summed E-state index contributed by atoms with van der Waals surface area (Å²) in [5.74, 6) is 4.12. The average molecular weight is 315 g/mol. The van der Waals surface area contributed by atoms with Gasteiger partial charge in [0.1, 0.15) is 5.78 Å². The number of allylic oxidation sites excluding steroid dienone is 2. The molecule has 7 atom stereocenters. The number of carbonyl (C=O) groups is 1. The molecule has 3 fully saturated rings. The van der Waals surface area contributed by atoms with E-state index in [1.165, 1.54) is 44.9 Å². The van der Waals surface area contributed by atoms with Crippen LogP contribution >= 0.6 is 0 Å². The first-order chi connectivity index (χ1) is 10.9. The molecule has 0 radical (unpaired) electrons. The van der Waals surface area contributed by atoms with Crippen LogP contribution in [0.2, 0.25) is 0 Å². The van der Waals surface area contributed by atoms with Crippen LogP contribution in [-0.2, 0) is 4.79 Å². The standard InChI is InChI=1S/C22H34O/c1-14-6-5-12-21(3)17(14)8-7-16-19-10-9-18(15(2)23)22(19,4)13-11-20(16)21/h8,14,16,18-20H,5-7,9-13H2,1-4H3/t14?,16-,18+,19-,20-,21-,22+/m0/s1. The zero-order valence-electron chi connectivity index (χ0n) is 15.5. The van der Waals surface area contributed by atoms with E-state index in [0.717, 1.165) is 30.1 Å². The number of hydrogen-bond donors (Lipinski definition) is 0. The maximum absolute atomic E-state index is 12.2. The van der Waals surface area contributed by atoms with Gasteiger partial charge in [-0.05, 0) is 86.4 Å². The monoisotopic (exact) mass is 314 g/mol. The molecule has 0 heterocycles. The first kappa shape index (κ1) is 15.9. The van der Waals surface area contributed by atoms with Gasteiger partial charge in [0, 0.05) is 5.92 Å². The van der Waals surface area contributed by atoms with E-state index in [1.54, 1.807) is 5.57 Å². The molecule has 0 bridgehead atoms. The van der Waals surface area contributed by atoms with E-state index >= 15 is 0 Å². The van der Waals surface area contributed by atoms with E-state index in [9.17, 15) is 4.79 Å². The van der Waals surface area contributed by atoms with Crippen LogP contribution in [0.5, 0.6) is 0 Å². The number of Topliss-reactive ketones (excluding diaryl/α,β-unsaturated/α-hetero) is 1. The summed E-state index contributed by atoms with van der Waals surface area (Å²) < 4.78 is 0. The van der Waals surface area contributed by atoms with Crippen LogP contribution in [0, 0.1) is 40.4 Å². The fourth-order valence-corrected chi connectivity index (χ4v) is 7.81. The van der Waals surface area contributed by atoms with E-state index in [4.69, 9.17) is 0 Å². The molecule has 0 aromatic heterocycles. The van der Waals surface area contributed by atoms with Gasteiger partial charge in [-0.25, -0.2) is 0 Å². The van der Waals surface area contributed by atoms with Gasteiger partial charge in [-0.3, -0.25) is 4.79 Å². The van der Waals surface area contributed by atoms with E-state index in [2.05, 4.69) is 26.8 Å². The van der Waals surface area contributed by atoms with Gasteiger partial charge in [0.05, 0.1) is 0 Å². The van der Waals surface area contributed by atoms with E-state index < -0.39 is 0 Å². The first-order valence-electron chi connectivity index (χ1n) is 10.1. The molecule has 0 spiro atoms. The first-order valence-corrected chi connectivity index (χ1v) is 10.1. The van der Waals surface area contributed by atoms with Crippen LogP contribution in [0.3, 0.4) is 0 Å². The van der Waals surface area contributed by atoms with E-state index in [1.807, 2.05) is 6.92 Å². The molecule has 23 heavy (non-hydrogen) atoms. The quantitative estimate of drug-likeness (QED) is 0.560. The third-order valence-electron chi connectivity index (χ3n) is 8.88. The van der Waals surface area contributed by atoms with Crippen molar-refractivity contribution in [3.8, 4) is 0 Å². The van der Waals surface area contributed by atoms with Gasteiger partial charge in [0.15, 0.2) is 0 Å². The minimum Gasteiger partial charge on any atom is -0.300 e. The number of fused-ring (bicyclic) bond motifs is 5. The Morgan fingerprint density at radius 1 is 1.09 bits per heavy atom. The van der Waals surface area contributed by atoms with Crippen molar-refractivity contribution < 1.29 is 4.79 Å². The lowest BCUT2D eigenvalue weighted by atomic mass is 9.46. The Bertz CT molecular complexity index is 546. The molecule has 0 aliphatic heterocycles. The second-order valence-electron chi connectivity index (χ2n) is 9.77. The van der Waals surface area contributed by atoms with Crippen LogP contribution in [0.4, 0.5) is 0 Å². The van der Waals surface area contributed by atoms with Gasteiger partial charge in [-0.1, -0.05) is 38.8 Å². The van der Waals surface area contributed by atoms with Crippen molar-refractivity contribution >= 4 is 5.78 Å². The Morgan fingerprint density at radius 3 is 2.61 bits per heavy atom. The summed E-state index contributed by atoms with van der Waals surface area (Å²) in [6.45, 7) is 9.34. The molecule has 128 valence electrons. The Kier molecular flexibility index (Phi) is 3.60. The number of rotatable bonds is 1. The fraction of sp³-hybridized carbons (Fsp3) is 0.864. The lowest BCUT2D eigenvalue weighted by Gasteiger charge is -2.58. The molecular weight excluding hydrogens is 280 g/mol. The van der Waals surface area contributed by atoms with Crippen molar-refractivity contribution in [1.29, 1.82) is 0 Å². The SMILES string of the molecule is CC(=O)[C@H]1CC[C@H]2[C@@H]3CC=C4C(C)CCC[C@]4(C)[C@H]3CC[C@]12C. The largest absolute Gasteiger partial charge is 0.300 e. The van der Waals surface area contributed by atoms with Gasteiger partial charge in [-0.15, -0.1) is 0 Å². The van der Waals surface area contributed by atoms with Crippen molar-refractivity contribution in [3.05, 3.63) is 11.6 Å². The lowest BCUT2D eigenvalue weighted by molar-refractivity contribution is -0.127. The van der Waals surface area contributed by atoms with E-state index in [0.29, 0.717) is 22.5 Å². The Morgan fingerprint density at radius 2 is 1.87 bits per heavy atom. The number of hydrogen-bond acceptors (Lipinski definition) is 1. The van der Waals surface area contributed by atoms with E-state index in [-0.39, 0.29) is 0 Å². The summed E-state index contributed by atoms with van der Waals surface area (Å²) in [6, 6.07) is 0. The predicted octanol–water partition coefficient (Wildman–Crippen LogP) is 5.79. The van der Waals surface area contributed by atoms with Gasteiger partial charge in [0.25, 0.3) is 0 Å². The lowest BCUT2D eigenvalue weighted by Crippen LogP contribution is -2.50. The molecule has 0 N–H and O–H groups in total. The van der Waals surface area contributed by atoms with Crippen molar-refractivity contribution in [2.24, 2.45) is 40.4 Å². The molecular formula is C22H34O. The van der Waals surface area contributed by atoms with Crippen LogP contribution in [0.15, 0.2) is 11.6 Å². The Balaban J connectivity index is 1.69. The smallest absolute Gasteiger partial charge is 0.133 e. The third kappa shape index (κ3) is 2.07. The highest BCUT2D eigenvalue weighted by Gasteiger charge is 2.59. The van der Waals surface area contributed by atoms with Gasteiger partial charge in [-0.2, -0.15) is 0 Å². The average Bonchev–Trinajstić information content (AvgIpc) is 2.84. The Labute approximate surface area is 142 Å². The van der Waals surface area contributed by atoms with Crippen molar-refractivity contribution in [3.63, 3.8) is 0 Å². The number of carbonyl (C=O) groups excluding carboxylic acids is 1. The van der Waals surface area contributed by atoms with Gasteiger partial charge < -0.3 is 0 Å². The molecule has 0 amide bonds. The third-order valence-corrected chi connectivity index (χ3v) is 8.88. The molecule has 1 unspecified atom stereocenters. The topological polar surface area (TPSA) is 17.1 Å². The molecule has 1 nitrogen and oxygen atoms in total. The summed E-state index contributed by atoms with van der Waals surface area (Å²) >= 11 is 0. The molecule has 4 rings (SSSR count). The summed E-state index contributed by atoms with van der Waals surface area (Å²) in [7, 11) is 0. The summed E-state index contributed by atoms with van der Waals surface area (Å²) in [5, 5.41) is 0. The normalized spacial score (nSPS) is 52.2. The highest BCUT2D eigenvalue weighted by atomic mass is 16.1. The highest BCUT2D eigenvalue weighted by Crippen LogP contribution is 2.66.